The molecule has 0 aliphatic heterocycles. The molecule has 3 aromatic rings. The molecular weight excluding hydrogens is 266 g/mol. The van der Waals surface area contributed by atoms with Crippen molar-refractivity contribution in [1.29, 1.82) is 0 Å². The molecule has 1 aromatic heterocycles. The van der Waals surface area contributed by atoms with Gasteiger partial charge in [0.15, 0.2) is 0 Å². The quantitative estimate of drug-likeness (QED) is 0.690. The molecular formula is C16H15N3O2. The van der Waals surface area contributed by atoms with Gasteiger partial charge < -0.3 is 15.4 Å². The Morgan fingerprint density at radius 1 is 1.24 bits per heavy atom. The number of benzene rings is 2. The normalized spacial score (nSPS) is 10.7. The van der Waals surface area contributed by atoms with Crippen LogP contribution in [0.5, 0.6) is 5.75 Å². The SMILES string of the molecule is Cc1c(O)cccc1C(=O)NCc1nc2ccccc2[nH]1. The van der Waals surface area contributed by atoms with Crippen LogP contribution in [0, 0.1) is 6.92 Å². The van der Waals surface area contributed by atoms with Crippen LogP contribution in [0.2, 0.25) is 0 Å². The lowest BCUT2D eigenvalue weighted by Crippen LogP contribution is -2.24. The summed E-state index contributed by atoms with van der Waals surface area (Å²) in [5, 5.41) is 12.4. The highest BCUT2D eigenvalue weighted by molar-refractivity contribution is 5.96. The highest BCUT2D eigenvalue weighted by Gasteiger charge is 2.11. The molecule has 0 saturated carbocycles. The summed E-state index contributed by atoms with van der Waals surface area (Å²) in [6.45, 7) is 2.02. The number of para-hydroxylation sites is 2. The van der Waals surface area contributed by atoms with Crippen LogP contribution in [-0.4, -0.2) is 21.0 Å². The molecule has 0 spiro atoms. The summed E-state index contributed by atoms with van der Waals surface area (Å²) in [7, 11) is 0. The summed E-state index contributed by atoms with van der Waals surface area (Å²) in [6.07, 6.45) is 0. The Hall–Kier alpha value is -2.82. The zero-order valence-corrected chi connectivity index (χ0v) is 11.6. The highest BCUT2D eigenvalue weighted by Crippen LogP contribution is 2.19. The summed E-state index contributed by atoms with van der Waals surface area (Å²) in [5.41, 5.74) is 2.84. The number of hydrogen-bond acceptors (Lipinski definition) is 3. The first kappa shape index (κ1) is 13.2. The van der Waals surface area contributed by atoms with Crippen molar-refractivity contribution < 1.29 is 9.90 Å². The van der Waals surface area contributed by atoms with Gasteiger partial charge in [-0.3, -0.25) is 4.79 Å². The molecule has 3 N–H and O–H groups in total. The third kappa shape index (κ3) is 2.58. The van der Waals surface area contributed by atoms with E-state index in [0.29, 0.717) is 23.5 Å². The number of H-pyrrole nitrogens is 1. The first-order chi connectivity index (χ1) is 10.1. The van der Waals surface area contributed by atoms with Gasteiger partial charge in [0, 0.05) is 11.1 Å². The van der Waals surface area contributed by atoms with E-state index in [4.69, 9.17) is 0 Å². The van der Waals surface area contributed by atoms with Gasteiger partial charge in [0.05, 0.1) is 17.6 Å². The van der Waals surface area contributed by atoms with Crippen molar-refractivity contribution >= 4 is 16.9 Å². The van der Waals surface area contributed by atoms with Gasteiger partial charge in [-0.05, 0) is 31.2 Å². The van der Waals surface area contributed by atoms with Crippen LogP contribution in [0.25, 0.3) is 11.0 Å². The number of fused-ring (bicyclic) bond motifs is 1. The van der Waals surface area contributed by atoms with Gasteiger partial charge in [-0.1, -0.05) is 18.2 Å². The number of imidazole rings is 1. The smallest absolute Gasteiger partial charge is 0.252 e. The number of carbonyl (C=O) groups is 1. The van der Waals surface area contributed by atoms with E-state index in [2.05, 4.69) is 15.3 Å². The summed E-state index contributed by atoms with van der Waals surface area (Å²) in [5.74, 6) is 0.581. The Kier molecular flexibility index (Phi) is 3.31. The maximum absolute atomic E-state index is 12.1. The van der Waals surface area contributed by atoms with Crippen molar-refractivity contribution in [3.8, 4) is 5.75 Å². The van der Waals surface area contributed by atoms with Crippen LogP contribution in [-0.2, 0) is 6.54 Å². The molecule has 0 aliphatic carbocycles. The van der Waals surface area contributed by atoms with Crippen molar-refractivity contribution in [2.75, 3.05) is 0 Å². The second-order valence-electron chi connectivity index (χ2n) is 4.83. The van der Waals surface area contributed by atoms with Gasteiger partial charge in [-0.25, -0.2) is 4.98 Å². The fourth-order valence-corrected chi connectivity index (χ4v) is 2.22. The minimum absolute atomic E-state index is 0.117. The molecule has 5 heteroatoms. The molecule has 21 heavy (non-hydrogen) atoms. The second kappa shape index (κ2) is 5.28. The molecule has 2 aromatic carbocycles. The minimum Gasteiger partial charge on any atom is -0.508 e. The van der Waals surface area contributed by atoms with Crippen LogP contribution in [0.4, 0.5) is 0 Å². The lowest BCUT2D eigenvalue weighted by molar-refractivity contribution is 0.0949. The first-order valence-electron chi connectivity index (χ1n) is 6.65. The number of phenols is 1. The summed E-state index contributed by atoms with van der Waals surface area (Å²) < 4.78 is 0. The number of aromatic amines is 1. The molecule has 0 atom stereocenters. The predicted octanol–water partition coefficient (Wildman–Crippen LogP) is 2.51. The van der Waals surface area contributed by atoms with Gasteiger partial charge in [-0.2, -0.15) is 0 Å². The average molecular weight is 281 g/mol. The van der Waals surface area contributed by atoms with E-state index < -0.39 is 0 Å². The van der Waals surface area contributed by atoms with E-state index in [0.717, 1.165) is 11.0 Å². The number of aromatic hydroxyl groups is 1. The molecule has 1 amide bonds. The number of nitrogens with zero attached hydrogens (tertiary/aromatic N) is 1. The van der Waals surface area contributed by atoms with Crippen LogP contribution in [0.1, 0.15) is 21.7 Å². The summed E-state index contributed by atoms with van der Waals surface area (Å²) >= 11 is 0. The van der Waals surface area contributed by atoms with Crippen molar-refractivity contribution in [3.05, 3.63) is 59.4 Å². The lowest BCUT2D eigenvalue weighted by atomic mass is 10.1. The van der Waals surface area contributed by atoms with Crippen molar-refractivity contribution in [3.63, 3.8) is 0 Å². The molecule has 1 heterocycles. The number of rotatable bonds is 3. The third-order valence-electron chi connectivity index (χ3n) is 3.40. The van der Waals surface area contributed by atoms with E-state index in [-0.39, 0.29) is 11.7 Å². The van der Waals surface area contributed by atoms with Gasteiger partial charge in [0.2, 0.25) is 0 Å². The van der Waals surface area contributed by atoms with Crippen molar-refractivity contribution in [2.24, 2.45) is 0 Å². The molecule has 0 aliphatic rings. The Morgan fingerprint density at radius 2 is 2.05 bits per heavy atom. The summed E-state index contributed by atoms with van der Waals surface area (Å²) in [4.78, 5) is 19.7. The fourth-order valence-electron chi connectivity index (χ4n) is 2.22. The number of aromatic nitrogens is 2. The molecule has 3 rings (SSSR count). The molecule has 106 valence electrons. The highest BCUT2D eigenvalue weighted by atomic mass is 16.3. The second-order valence-corrected chi connectivity index (χ2v) is 4.83. The molecule has 0 unspecified atom stereocenters. The van der Waals surface area contributed by atoms with Crippen molar-refractivity contribution in [1.82, 2.24) is 15.3 Å². The van der Waals surface area contributed by atoms with E-state index in [1.54, 1.807) is 25.1 Å². The standard InChI is InChI=1S/C16H15N3O2/c1-10-11(5-4-8-14(10)20)16(21)17-9-15-18-12-6-2-3-7-13(12)19-15/h2-8,20H,9H2,1H3,(H,17,21)(H,18,19). The van der Waals surface area contributed by atoms with Gasteiger partial charge in [0.1, 0.15) is 11.6 Å². The molecule has 0 saturated heterocycles. The lowest BCUT2D eigenvalue weighted by Gasteiger charge is -2.07. The molecule has 5 nitrogen and oxygen atoms in total. The Labute approximate surface area is 121 Å². The van der Waals surface area contributed by atoms with Gasteiger partial charge in [0.25, 0.3) is 5.91 Å². The average Bonchev–Trinajstić information content (AvgIpc) is 2.90. The van der Waals surface area contributed by atoms with Crippen molar-refractivity contribution in [2.45, 2.75) is 13.5 Å². The van der Waals surface area contributed by atoms with Crippen LogP contribution in [0.3, 0.4) is 0 Å². The van der Waals surface area contributed by atoms with Crippen LogP contribution < -0.4 is 5.32 Å². The Balaban J connectivity index is 1.75. The zero-order chi connectivity index (χ0) is 14.8. The minimum atomic E-state index is -0.233. The Bertz CT molecular complexity index is 775. The molecule has 0 radical (unpaired) electrons. The number of hydrogen-bond donors (Lipinski definition) is 3. The third-order valence-corrected chi connectivity index (χ3v) is 3.40. The topological polar surface area (TPSA) is 78.0 Å². The predicted molar refractivity (Wildman–Crippen MR) is 80.1 cm³/mol. The number of carbonyl (C=O) groups excluding carboxylic acids is 1. The zero-order valence-electron chi connectivity index (χ0n) is 11.6. The van der Waals surface area contributed by atoms with E-state index in [1.807, 2.05) is 24.3 Å². The van der Waals surface area contributed by atoms with E-state index in [1.165, 1.54) is 0 Å². The Morgan fingerprint density at radius 3 is 2.86 bits per heavy atom. The number of phenolic OH excluding ortho intramolecular Hbond substituents is 1. The maximum Gasteiger partial charge on any atom is 0.252 e. The van der Waals surface area contributed by atoms with Gasteiger partial charge >= 0.3 is 0 Å². The summed E-state index contributed by atoms with van der Waals surface area (Å²) in [6, 6.07) is 12.6. The number of nitrogens with one attached hydrogen (secondary N) is 2. The monoisotopic (exact) mass is 281 g/mol. The largest absolute Gasteiger partial charge is 0.508 e. The van der Waals surface area contributed by atoms with Gasteiger partial charge in [-0.15, -0.1) is 0 Å². The molecule has 0 bridgehead atoms. The van der Waals surface area contributed by atoms with E-state index >= 15 is 0 Å². The van der Waals surface area contributed by atoms with Crippen LogP contribution >= 0.6 is 0 Å². The van der Waals surface area contributed by atoms with Crippen LogP contribution in [0.15, 0.2) is 42.5 Å². The maximum atomic E-state index is 12.1. The first-order valence-corrected chi connectivity index (χ1v) is 6.65. The number of amides is 1. The molecule has 0 fully saturated rings. The van der Waals surface area contributed by atoms with E-state index in [9.17, 15) is 9.90 Å². The fraction of sp³-hybridized carbons (Fsp3) is 0.125.